The van der Waals surface area contributed by atoms with E-state index in [9.17, 15) is 4.79 Å². The number of ether oxygens (including phenoxy) is 2. The van der Waals surface area contributed by atoms with Crippen molar-refractivity contribution in [3.63, 3.8) is 0 Å². The zero-order valence-corrected chi connectivity index (χ0v) is 18.4. The number of rotatable bonds is 4. The summed E-state index contributed by atoms with van der Waals surface area (Å²) in [6.45, 7) is 7.97. The molecule has 0 aliphatic heterocycles. The Balaban J connectivity index is 0. The van der Waals surface area contributed by atoms with Crippen LogP contribution in [0, 0.1) is 13.8 Å². The summed E-state index contributed by atoms with van der Waals surface area (Å²) in [6, 6.07) is 3.79. The third-order valence-corrected chi connectivity index (χ3v) is 3.40. The normalized spacial score (nSPS) is 11.0. The first kappa shape index (κ1) is 27.4. The van der Waals surface area contributed by atoms with Crippen LogP contribution in [-0.4, -0.2) is 52.4 Å². The Kier molecular flexibility index (Phi) is 12.4. The molecule has 0 saturated carbocycles. The molecule has 152 valence electrons. The minimum Gasteiger partial charge on any atom is -0.428 e. The summed E-state index contributed by atoms with van der Waals surface area (Å²) in [5, 5.41) is 25.0. The highest BCUT2D eigenvalue weighted by atomic mass is 79.9. The second-order valence-electron chi connectivity index (χ2n) is 6.77. The van der Waals surface area contributed by atoms with Crippen LogP contribution in [0.4, 0.5) is 4.79 Å². The Morgan fingerprint density at radius 1 is 1.08 bits per heavy atom. The van der Waals surface area contributed by atoms with Crippen LogP contribution >= 0.6 is 29.4 Å². The number of nitrogens with two attached hydrogens (primary N) is 1. The van der Waals surface area contributed by atoms with Crippen LogP contribution in [0.25, 0.3) is 0 Å². The Morgan fingerprint density at radius 3 is 1.73 bits per heavy atom. The quantitative estimate of drug-likeness (QED) is 0.405. The van der Waals surface area contributed by atoms with Gasteiger partial charge in [-0.1, -0.05) is 15.9 Å². The Hall–Kier alpha value is -0.840. The van der Waals surface area contributed by atoms with Gasteiger partial charge in [0.25, 0.3) is 0 Å². The number of hydrogen-bond acceptors (Lipinski definition) is 7. The van der Waals surface area contributed by atoms with Crippen molar-refractivity contribution >= 4 is 35.6 Å². The van der Waals surface area contributed by atoms with Crippen LogP contribution in [0.1, 0.15) is 31.9 Å². The summed E-state index contributed by atoms with van der Waals surface area (Å²) in [5.41, 5.74) is 5.17. The van der Waals surface area contributed by atoms with Gasteiger partial charge in [-0.15, -0.1) is 0 Å². The summed E-state index contributed by atoms with van der Waals surface area (Å²) in [4.78, 5) is 11.6. The molecule has 1 aromatic rings. The van der Waals surface area contributed by atoms with Gasteiger partial charge in [-0.2, -0.15) is 13.5 Å². The van der Waals surface area contributed by atoms with E-state index in [2.05, 4.69) is 15.9 Å². The second kappa shape index (κ2) is 11.8. The average molecular weight is 456 g/mol. The van der Waals surface area contributed by atoms with E-state index < -0.39 is 37.1 Å². The van der Waals surface area contributed by atoms with Gasteiger partial charge in [0.15, 0.2) is 0 Å². The Labute approximate surface area is 170 Å². The van der Waals surface area contributed by atoms with Crippen molar-refractivity contribution in [2.45, 2.75) is 45.8 Å². The SMILES string of the molecule is Cc1cc(Br)cc(C)c1OC(=O)OC(C)(C)C.NC(CO)(CO)CO.S. The predicted molar refractivity (Wildman–Crippen MR) is 109 cm³/mol. The van der Waals surface area contributed by atoms with Gasteiger partial charge in [-0.3, -0.25) is 0 Å². The maximum absolute atomic E-state index is 11.6. The van der Waals surface area contributed by atoms with Gasteiger partial charge in [0.2, 0.25) is 0 Å². The molecule has 1 aromatic carbocycles. The maximum atomic E-state index is 11.6. The van der Waals surface area contributed by atoms with Crippen molar-refractivity contribution in [1.82, 2.24) is 0 Å². The summed E-state index contributed by atoms with van der Waals surface area (Å²) in [5.74, 6) is 0.558. The molecule has 26 heavy (non-hydrogen) atoms. The molecule has 0 aromatic heterocycles. The van der Waals surface area contributed by atoms with Crippen molar-refractivity contribution in [1.29, 1.82) is 0 Å². The minimum atomic E-state index is -1.21. The first-order chi connectivity index (χ1) is 11.4. The fraction of sp³-hybridized carbons (Fsp3) is 0.588. The topological polar surface area (TPSA) is 122 Å². The zero-order valence-electron chi connectivity index (χ0n) is 15.8. The van der Waals surface area contributed by atoms with Gasteiger partial charge in [0.1, 0.15) is 11.4 Å². The highest BCUT2D eigenvalue weighted by Crippen LogP contribution is 2.28. The van der Waals surface area contributed by atoms with Gasteiger partial charge in [0.05, 0.1) is 25.4 Å². The molecule has 9 heteroatoms. The van der Waals surface area contributed by atoms with Crippen LogP contribution in [0.5, 0.6) is 5.75 Å². The molecule has 7 nitrogen and oxygen atoms in total. The number of halogens is 1. The minimum absolute atomic E-state index is 0. The van der Waals surface area contributed by atoms with Crippen molar-refractivity contribution in [3.8, 4) is 5.75 Å². The second-order valence-corrected chi connectivity index (χ2v) is 7.69. The number of carbonyl (C=O) groups is 1. The van der Waals surface area contributed by atoms with Crippen LogP contribution in [0.3, 0.4) is 0 Å². The molecule has 0 atom stereocenters. The lowest BCUT2D eigenvalue weighted by Crippen LogP contribution is -2.50. The van der Waals surface area contributed by atoms with Crippen LogP contribution in [0.15, 0.2) is 16.6 Å². The molecule has 0 aliphatic rings. The number of carbonyl (C=O) groups excluding carboxylic acids is 1. The first-order valence-corrected chi connectivity index (χ1v) is 8.46. The molecule has 1 rings (SSSR count). The molecule has 0 amide bonds. The fourth-order valence-corrected chi connectivity index (χ4v) is 2.25. The molecule has 0 spiro atoms. The van der Waals surface area contributed by atoms with Crippen molar-refractivity contribution in [2.24, 2.45) is 5.73 Å². The van der Waals surface area contributed by atoms with Gasteiger partial charge in [0, 0.05) is 4.47 Å². The molecule has 0 aliphatic carbocycles. The third-order valence-electron chi connectivity index (χ3n) is 2.94. The van der Waals surface area contributed by atoms with E-state index in [1.165, 1.54) is 0 Å². The van der Waals surface area contributed by atoms with Gasteiger partial charge >= 0.3 is 6.16 Å². The van der Waals surface area contributed by atoms with Crippen LogP contribution < -0.4 is 10.5 Å². The molecular formula is C17H30BrNO6S. The van der Waals surface area contributed by atoms with E-state index in [0.29, 0.717) is 5.75 Å². The van der Waals surface area contributed by atoms with Gasteiger partial charge in [-0.25, -0.2) is 4.79 Å². The van der Waals surface area contributed by atoms with E-state index in [0.717, 1.165) is 15.6 Å². The Morgan fingerprint density at radius 2 is 1.46 bits per heavy atom. The molecule has 0 unspecified atom stereocenters. The van der Waals surface area contributed by atoms with Gasteiger partial charge < -0.3 is 30.5 Å². The molecule has 0 bridgehead atoms. The van der Waals surface area contributed by atoms with Crippen molar-refractivity contribution in [3.05, 3.63) is 27.7 Å². The smallest absolute Gasteiger partial charge is 0.428 e. The van der Waals surface area contributed by atoms with Crippen LogP contribution in [-0.2, 0) is 4.74 Å². The first-order valence-electron chi connectivity index (χ1n) is 7.66. The van der Waals surface area contributed by atoms with Crippen molar-refractivity contribution in [2.75, 3.05) is 19.8 Å². The molecule has 0 heterocycles. The van der Waals surface area contributed by atoms with E-state index in [4.69, 9.17) is 30.5 Å². The Bertz CT molecular complexity index is 542. The van der Waals surface area contributed by atoms with E-state index in [1.54, 1.807) is 20.8 Å². The summed E-state index contributed by atoms with van der Waals surface area (Å²) in [7, 11) is 0. The highest BCUT2D eigenvalue weighted by molar-refractivity contribution is 9.10. The number of aryl methyl sites for hydroxylation is 2. The molecular weight excluding hydrogens is 426 g/mol. The summed E-state index contributed by atoms with van der Waals surface area (Å²) < 4.78 is 11.3. The average Bonchev–Trinajstić information content (AvgIpc) is 2.49. The number of hydrogen-bond donors (Lipinski definition) is 4. The summed E-state index contributed by atoms with van der Waals surface area (Å²) in [6.07, 6.45) is -0.675. The number of aliphatic hydroxyl groups is 3. The third kappa shape index (κ3) is 10.3. The highest BCUT2D eigenvalue weighted by Gasteiger charge is 2.21. The zero-order chi connectivity index (χ0) is 19.8. The van der Waals surface area contributed by atoms with Crippen LogP contribution in [0.2, 0.25) is 0 Å². The fourth-order valence-electron chi connectivity index (χ4n) is 1.56. The standard InChI is InChI=1S/C13H17BrO3.C4H11NO3.H2S/c1-8-6-10(14)7-9(2)11(8)16-12(15)17-13(3,4)5;5-4(1-6,2-7)3-8;/h6-7H,1-5H3;6-8H,1-3,5H2;1H2. The monoisotopic (exact) mass is 455 g/mol. The molecule has 5 N–H and O–H groups in total. The lowest BCUT2D eigenvalue weighted by Gasteiger charge is -2.20. The lowest BCUT2D eigenvalue weighted by molar-refractivity contribution is 0.0203. The lowest BCUT2D eigenvalue weighted by atomic mass is 10.1. The maximum Gasteiger partial charge on any atom is 0.514 e. The van der Waals surface area contributed by atoms with E-state index in [1.807, 2.05) is 26.0 Å². The van der Waals surface area contributed by atoms with E-state index in [-0.39, 0.29) is 13.5 Å². The summed E-state index contributed by atoms with van der Waals surface area (Å²) >= 11 is 3.39. The van der Waals surface area contributed by atoms with Crippen molar-refractivity contribution < 1.29 is 29.6 Å². The number of aliphatic hydroxyl groups excluding tert-OH is 3. The van der Waals surface area contributed by atoms with Gasteiger partial charge in [-0.05, 0) is 57.9 Å². The molecule has 0 fully saturated rings. The largest absolute Gasteiger partial charge is 0.514 e. The predicted octanol–water partition coefficient (Wildman–Crippen LogP) is 2.15. The van der Waals surface area contributed by atoms with E-state index >= 15 is 0 Å². The molecule has 0 saturated heterocycles. The number of benzene rings is 1. The molecule has 0 radical (unpaired) electrons.